The van der Waals surface area contributed by atoms with Gasteiger partial charge in [0.05, 0.1) is 10.1 Å². The molecule has 7 heteroatoms. The summed E-state index contributed by atoms with van der Waals surface area (Å²) in [6.45, 7) is 1.81. The van der Waals surface area contributed by atoms with Crippen molar-refractivity contribution in [2.24, 2.45) is 4.40 Å². The summed E-state index contributed by atoms with van der Waals surface area (Å²) in [5.41, 5.74) is 0. The van der Waals surface area contributed by atoms with E-state index in [1.54, 1.807) is 30.0 Å². The Balaban J connectivity index is 1.94. The molecule has 1 saturated heterocycles. The van der Waals surface area contributed by atoms with Crippen LogP contribution in [0.4, 0.5) is 0 Å². The SMILES string of the molecule is C[C@@H]1SC(=NS(=O)(=O)c2ccccc2)N(C2CCCCC2)C1=O. The number of carbonyl (C=O) groups excluding carboxylic acids is 1. The number of hydrogen-bond acceptors (Lipinski definition) is 4. The number of carbonyl (C=O) groups is 1. The van der Waals surface area contributed by atoms with Crippen molar-refractivity contribution in [1.29, 1.82) is 0 Å². The molecular formula is C16H20N2O3S2. The summed E-state index contributed by atoms with van der Waals surface area (Å²) in [5.74, 6) is -0.0242. The maximum absolute atomic E-state index is 12.5. The molecule has 1 aliphatic heterocycles. The monoisotopic (exact) mass is 352 g/mol. The fraction of sp³-hybridized carbons (Fsp3) is 0.500. The normalized spacial score (nSPS) is 25.3. The van der Waals surface area contributed by atoms with E-state index in [0.717, 1.165) is 25.7 Å². The van der Waals surface area contributed by atoms with E-state index in [9.17, 15) is 13.2 Å². The minimum absolute atomic E-state index is 0.0242. The summed E-state index contributed by atoms with van der Waals surface area (Å²) in [6.07, 6.45) is 5.17. The van der Waals surface area contributed by atoms with Crippen molar-refractivity contribution < 1.29 is 13.2 Å². The summed E-state index contributed by atoms with van der Waals surface area (Å²) in [7, 11) is -3.79. The maximum Gasteiger partial charge on any atom is 0.284 e. The van der Waals surface area contributed by atoms with E-state index in [-0.39, 0.29) is 22.1 Å². The van der Waals surface area contributed by atoms with Crippen molar-refractivity contribution in [2.45, 2.75) is 55.2 Å². The lowest BCUT2D eigenvalue weighted by molar-refractivity contribution is -0.127. The second-order valence-electron chi connectivity index (χ2n) is 5.92. The van der Waals surface area contributed by atoms with Gasteiger partial charge < -0.3 is 0 Å². The molecule has 0 unspecified atom stereocenters. The highest BCUT2D eigenvalue weighted by atomic mass is 32.2. The third-order valence-electron chi connectivity index (χ3n) is 4.25. The quantitative estimate of drug-likeness (QED) is 0.838. The van der Waals surface area contributed by atoms with Gasteiger partial charge in [0, 0.05) is 6.04 Å². The smallest absolute Gasteiger partial charge is 0.284 e. The van der Waals surface area contributed by atoms with Crippen LogP contribution in [0.25, 0.3) is 0 Å². The van der Waals surface area contributed by atoms with E-state index < -0.39 is 10.0 Å². The van der Waals surface area contributed by atoms with Crippen molar-refractivity contribution >= 4 is 32.9 Å². The van der Waals surface area contributed by atoms with Gasteiger partial charge in [-0.05, 0) is 31.9 Å². The van der Waals surface area contributed by atoms with Crippen LogP contribution in [0.1, 0.15) is 39.0 Å². The van der Waals surface area contributed by atoms with E-state index in [1.807, 2.05) is 0 Å². The van der Waals surface area contributed by atoms with Gasteiger partial charge in [0.25, 0.3) is 10.0 Å². The number of nitrogens with zero attached hydrogens (tertiary/aromatic N) is 2. The summed E-state index contributed by atoms with van der Waals surface area (Å²) in [4.78, 5) is 14.3. The van der Waals surface area contributed by atoms with Crippen LogP contribution in [0.3, 0.4) is 0 Å². The lowest BCUT2D eigenvalue weighted by Crippen LogP contribution is -2.42. The van der Waals surface area contributed by atoms with Crippen LogP contribution in [0.2, 0.25) is 0 Å². The van der Waals surface area contributed by atoms with Crippen molar-refractivity contribution in [3.63, 3.8) is 0 Å². The zero-order valence-electron chi connectivity index (χ0n) is 13.0. The number of rotatable bonds is 3. The largest absolute Gasteiger partial charge is 0.287 e. The first-order valence-electron chi connectivity index (χ1n) is 7.89. The minimum atomic E-state index is -3.79. The zero-order chi connectivity index (χ0) is 16.4. The minimum Gasteiger partial charge on any atom is -0.287 e. The van der Waals surface area contributed by atoms with Gasteiger partial charge >= 0.3 is 0 Å². The number of benzene rings is 1. The van der Waals surface area contributed by atoms with E-state index >= 15 is 0 Å². The van der Waals surface area contributed by atoms with Crippen molar-refractivity contribution in [1.82, 2.24) is 4.90 Å². The van der Waals surface area contributed by atoms with Gasteiger partial charge in [-0.25, -0.2) is 0 Å². The van der Waals surface area contributed by atoms with Crippen molar-refractivity contribution in [2.75, 3.05) is 0 Å². The molecular weight excluding hydrogens is 332 g/mol. The molecule has 2 aliphatic rings. The van der Waals surface area contributed by atoms with Gasteiger partial charge in [0.1, 0.15) is 0 Å². The van der Waals surface area contributed by atoms with Crippen LogP contribution in [-0.4, -0.2) is 35.7 Å². The molecule has 1 aromatic carbocycles. The Bertz CT molecular complexity index is 710. The third kappa shape index (κ3) is 3.45. The fourth-order valence-corrected chi connectivity index (χ4v) is 5.29. The van der Waals surface area contributed by atoms with Gasteiger partial charge in [-0.15, -0.1) is 4.40 Å². The molecule has 0 bridgehead atoms. The average Bonchev–Trinajstić information content (AvgIpc) is 2.82. The number of amidine groups is 1. The lowest BCUT2D eigenvalue weighted by Gasteiger charge is -2.30. The molecule has 1 aromatic rings. The van der Waals surface area contributed by atoms with Gasteiger partial charge in [-0.2, -0.15) is 8.42 Å². The van der Waals surface area contributed by atoms with Gasteiger partial charge in [-0.1, -0.05) is 49.2 Å². The fourth-order valence-electron chi connectivity index (χ4n) is 3.04. The Hall–Kier alpha value is -1.34. The molecule has 3 rings (SSSR count). The van der Waals surface area contributed by atoms with Crippen LogP contribution in [0, 0.1) is 0 Å². The van der Waals surface area contributed by atoms with Crippen molar-refractivity contribution in [3.05, 3.63) is 30.3 Å². The van der Waals surface area contributed by atoms with Gasteiger partial charge in [0.15, 0.2) is 5.17 Å². The van der Waals surface area contributed by atoms with Crippen LogP contribution >= 0.6 is 11.8 Å². The van der Waals surface area contributed by atoms with Crippen LogP contribution in [-0.2, 0) is 14.8 Å². The first kappa shape index (κ1) is 16.5. The average molecular weight is 352 g/mol. The van der Waals surface area contributed by atoms with Crippen LogP contribution < -0.4 is 0 Å². The Kier molecular flexibility index (Phi) is 4.77. The van der Waals surface area contributed by atoms with E-state index in [1.165, 1.54) is 30.3 Å². The van der Waals surface area contributed by atoms with E-state index in [2.05, 4.69) is 4.40 Å². The Morgan fingerprint density at radius 3 is 2.43 bits per heavy atom. The lowest BCUT2D eigenvalue weighted by atomic mass is 9.94. The number of amides is 1. The highest BCUT2D eigenvalue weighted by molar-refractivity contribution is 8.16. The maximum atomic E-state index is 12.5. The molecule has 2 fully saturated rings. The van der Waals surface area contributed by atoms with Gasteiger partial charge in [-0.3, -0.25) is 9.69 Å². The molecule has 1 amide bonds. The highest BCUT2D eigenvalue weighted by Gasteiger charge is 2.40. The third-order valence-corrected chi connectivity index (χ3v) is 6.70. The van der Waals surface area contributed by atoms with Crippen molar-refractivity contribution in [3.8, 4) is 0 Å². The van der Waals surface area contributed by atoms with E-state index in [4.69, 9.17) is 0 Å². The molecule has 1 heterocycles. The van der Waals surface area contributed by atoms with E-state index in [0.29, 0.717) is 5.17 Å². The highest BCUT2D eigenvalue weighted by Crippen LogP contribution is 2.34. The Labute approximate surface area is 141 Å². The molecule has 1 atom stereocenters. The molecule has 0 radical (unpaired) electrons. The summed E-state index contributed by atoms with van der Waals surface area (Å²) in [6, 6.07) is 8.22. The topological polar surface area (TPSA) is 66.8 Å². The standard InChI is InChI=1S/C16H20N2O3S2/c1-12-15(19)18(13-8-4-2-5-9-13)16(22-12)17-23(20,21)14-10-6-3-7-11-14/h3,6-7,10-13H,2,4-5,8-9H2,1H3/t12-/m0/s1. The number of hydrogen-bond donors (Lipinski definition) is 0. The summed E-state index contributed by atoms with van der Waals surface area (Å²) >= 11 is 1.24. The Morgan fingerprint density at radius 1 is 1.13 bits per heavy atom. The molecule has 5 nitrogen and oxygen atoms in total. The summed E-state index contributed by atoms with van der Waals surface area (Å²) in [5, 5.41) is 0.0555. The second kappa shape index (κ2) is 6.65. The van der Waals surface area contributed by atoms with Gasteiger partial charge in [0.2, 0.25) is 5.91 Å². The number of thioether (sulfide) groups is 1. The Morgan fingerprint density at radius 2 is 1.78 bits per heavy atom. The van der Waals surface area contributed by atoms with Crippen LogP contribution in [0.15, 0.2) is 39.6 Å². The van der Waals surface area contributed by atoms with Crippen LogP contribution in [0.5, 0.6) is 0 Å². The second-order valence-corrected chi connectivity index (χ2v) is 8.83. The predicted octanol–water partition coefficient (Wildman–Crippen LogP) is 3.03. The molecule has 0 aromatic heterocycles. The predicted molar refractivity (Wildman–Crippen MR) is 91.8 cm³/mol. The summed E-state index contributed by atoms with van der Waals surface area (Å²) < 4.78 is 29.0. The molecule has 0 N–H and O–H groups in total. The molecule has 1 aliphatic carbocycles. The zero-order valence-corrected chi connectivity index (χ0v) is 14.6. The first-order valence-corrected chi connectivity index (χ1v) is 10.2. The molecule has 0 spiro atoms. The molecule has 23 heavy (non-hydrogen) atoms. The molecule has 1 saturated carbocycles. The number of sulfonamides is 1. The molecule has 124 valence electrons. The first-order chi connectivity index (χ1) is 11.0.